The van der Waals surface area contributed by atoms with Crippen molar-refractivity contribution in [1.82, 2.24) is 20.0 Å². The van der Waals surface area contributed by atoms with Crippen LogP contribution in [0.4, 0.5) is 0 Å². The fraction of sp³-hybridized carbons (Fsp3) is 0.405. The number of piperidine rings is 1. The first kappa shape index (κ1) is 32.1. The van der Waals surface area contributed by atoms with Crippen LogP contribution in [0.3, 0.4) is 0 Å². The number of benzene rings is 3. The van der Waals surface area contributed by atoms with Crippen LogP contribution < -0.4 is 5.32 Å². The highest BCUT2D eigenvalue weighted by Crippen LogP contribution is 2.23. The second-order valence-electron chi connectivity index (χ2n) is 12.4. The summed E-state index contributed by atoms with van der Waals surface area (Å²) in [7, 11) is 2.08. The van der Waals surface area contributed by atoms with Gasteiger partial charge in [-0.2, -0.15) is 0 Å². The molecule has 1 N–H and O–H groups in total. The first-order valence-electron chi connectivity index (χ1n) is 16.1. The molecule has 0 saturated carbocycles. The number of piperazine rings is 1. The molecule has 5 rings (SSSR count). The van der Waals surface area contributed by atoms with Gasteiger partial charge in [0, 0.05) is 25.1 Å². The van der Waals surface area contributed by atoms with Gasteiger partial charge in [-0.1, -0.05) is 91.0 Å². The number of carbonyl (C=O) groups excluding carboxylic acids is 4. The number of nitrogens with one attached hydrogen (secondary N) is 1. The predicted octanol–water partition coefficient (Wildman–Crippen LogP) is 4.00. The van der Waals surface area contributed by atoms with E-state index in [9.17, 15) is 19.2 Å². The molecular weight excluding hydrogens is 564 g/mol. The number of nitrogens with zero attached hydrogens (tertiary/aromatic N) is 3. The third-order valence-corrected chi connectivity index (χ3v) is 8.94. The Morgan fingerprint density at radius 2 is 1.53 bits per heavy atom. The zero-order chi connectivity index (χ0) is 31.6. The van der Waals surface area contributed by atoms with Gasteiger partial charge in [-0.3, -0.25) is 19.2 Å². The maximum absolute atomic E-state index is 13.9. The fourth-order valence-corrected chi connectivity index (χ4v) is 6.62. The highest BCUT2D eigenvalue weighted by atomic mass is 16.2. The molecule has 0 aromatic heterocycles. The third kappa shape index (κ3) is 8.88. The lowest BCUT2D eigenvalue weighted by Crippen LogP contribution is -2.62. The summed E-state index contributed by atoms with van der Waals surface area (Å²) in [6.07, 6.45) is 4.43. The summed E-state index contributed by atoms with van der Waals surface area (Å²) in [5.74, 6) is -0.698. The summed E-state index contributed by atoms with van der Waals surface area (Å²) in [6, 6.07) is 27.2. The van der Waals surface area contributed by atoms with E-state index in [0.717, 1.165) is 44.3 Å². The molecule has 236 valence electrons. The summed E-state index contributed by atoms with van der Waals surface area (Å²) in [5, 5.41) is 2.98. The minimum atomic E-state index is -0.800. The van der Waals surface area contributed by atoms with Crippen LogP contribution in [0.15, 0.2) is 91.0 Å². The number of likely N-dealkylation sites (tertiary alicyclic amines) is 1. The predicted molar refractivity (Wildman–Crippen MR) is 175 cm³/mol. The molecule has 2 aliphatic rings. The van der Waals surface area contributed by atoms with Crippen molar-refractivity contribution >= 4 is 23.5 Å². The van der Waals surface area contributed by atoms with E-state index in [-0.39, 0.29) is 36.6 Å². The van der Waals surface area contributed by atoms with Gasteiger partial charge in [0.2, 0.25) is 17.7 Å². The van der Waals surface area contributed by atoms with Crippen LogP contribution in [-0.2, 0) is 27.2 Å². The molecule has 3 aromatic carbocycles. The van der Waals surface area contributed by atoms with E-state index >= 15 is 0 Å². The van der Waals surface area contributed by atoms with Crippen molar-refractivity contribution in [2.24, 2.45) is 5.92 Å². The van der Waals surface area contributed by atoms with E-state index in [1.165, 1.54) is 10.5 Å². The van der Waals surface area contributed by atoms with E-state index in [4.69, 9.17) is 0 Å². The van der Waals surface area contributed by atoms with Crippen LogP contribution in [-0.4, -0.2) is 90.1 Å². The Bertz CT molecular complexity index is 1430. The number of Topliss-reactive ketones (excluding diaryl/α,β-unsaturated/α-hetero) is 1. The molecule has 2 heterocycles. The van der Waals surface area contributed by atoms with E-state index < -0.39 is 18.0 Å². The number of ketones is 1. The minimum Gasteiger partial charge on any atom is -0.344 e. The Morgan fingerprint density at radius 1 is 0.889 bits per heavy atom. The average molecular weight is 609 g/mol. The summed E-state index contributed by atoms with van der Waals surface area (Å²) >= 11 is 0. The molecule has 2 saturated heterocycles. The molecule has 0 radical (unpaired) electrons. The van der Waals surface area contributed by atoms with Crippen molar-refractivity contribution < 1.29 is 19.2 Å². The van der Waals surface area contributed by atoms with Crippen LogP contribution in [0, 0.1) is 5.92 Å². The molecule has 2 unspecified atom stereocenters. The smallest absolute Gasteiger partial charge is 0.246 e. The van der Waals surface area contributed by atoms with Gasteiger partial charge in [-0.05, 0) is 62.7 Å². The molecule has 2 fully saturated rings. The van der Waals surface area contributed by atoms with Gasteiger partial charge in [0.1, 0.15) is 12.6 Å². The molecule has 45 heavy (non-hydrogen) atoms. The summed E-state index contributed by atoms with van der Waals surface area (Å²) < 4.78 is 0. The highest BCUT2D eigenvalue weighted by Gasteiger charge is 2.40. The van der Waals surface area contributed by atoms with Crippen molar-refractivity contribution in [1.29, 1.82) is 0 Å². The van der Waals surface area contributed by atoms with Crippen LogP contribution in [0.5, 0.6) is 0 Å². The Kier molecular flexibility index (Phi) is 11.1. The molecule has 3 aromatic rings. The maximum Gasteiger partial charge on any atom is 0.246 e. The van der Waals surface area contributed by atoms with E-state index in [0.29, 0.717) is 24.9 Å². The van der Waals surface area contributed by atoms with Crippen LogP contribution >= 0.6 is 0 Å². The minimum absolute atomic E-state index is 0.0625. The number of hydrogen-bond donors (Lipinski definition) is 1. The molecule has 0 aliphatic carbocycles. The molecule has 0 spiro atoms. The Morgan fingerprint density at radius 3 is 2.20 bits per heavy atom. The Labute approximate surface area is 266 Å². The quantitative estimate of drug-likeness (QED) is 0.297. The number of carbonyl (C=O) groups is 4. The van der Waals surface area contributed by atoms with Crippen LogP contribution in [0.25, 0.3) is 0 Å². The summed E-state index contributed by atoms with van der Waals surface area (Å²) in [6.45, 7) is 2.02. The molecule has 0 bridgehead atoms. The fourth-order valence-electron chi connectivity index (χ4n) is 6.62. The topological polar surface area (TPSA) is 90.0 Å². The Hall–Kier alpha value is -4.30. The van der Waals surface area contributed by atoms with Gasteiger partial charge in [-0.25, -0.2) is 0 Å². The molecular formula is C37H44N4O4. The van der Waals surface area contributed by atoms with E-state index in [1.807, 2.05) is 66.7 Å². The van der Waals surface area contributed by atoms with Crippen molar-refractivity contribution in [2.75, 3.05) is 39.8 Å². The molecule has 8 heteroatoms. The zero-order valence-corrected chi connectivity index (χ0v) is 26.1. The number of aryl methyl sites for hydroxylation is 1. The maximum atomic E-state index is 13.9. The normalized spacial score (nSPS) is 19.8. The number of amides is 3. The van der Waals surface area contributed by atoms with Gasteiger partial charge in [0.25, 0.3) is 0 Å². The van der Waals surface area contributed by atoms with Crippen molar-refractivity contribution in [3.8, 4) is 0 Å². The monoisotopic (exact) mass is 608 g/mol. The van der Waals surface area contributed by atoms with Gasteiger partial charge in [0.05, 0.1) is 12.6 Å². The average Bonchev–Trinajstić information content (AvgIpc) is 3.05. The molecule has 8 nitrogen and oxygen atoms in total. The van der Waals surface area contributed by atoms with Crippen LogP contribution in [0.1, 0.15) is 47.2 Å². The number of rotatable bonds is 13. The van der Waals surface area contributed by atoms with Crippen molar-refractivity contribution in [2.45, 2.75) is 50.6 Å². The largest absolute Gasteiger partial charge is 0.344 e. The first-order chi connectivity index (χ1) is 21.9. The third-order valence-electron chi connectivity index (χ3n) is 8.94. The molecule has 3 atom stereocenters. The van der Waals surface area contributed by atoms with Crippen molar-refractivity contribution in [3.63, 3.8) is 0 Å². The molecule has 3 amide bonds. The lowest BCUT2D eigenvalue weighted by Gasteiger charge is -2.40. The van der Waals surface area contributed by atoms with E-state index in [2.05, 4.69) is 29.4 Å². The zero-order valence-electron chi connectivity index (χ0n) is 26.1. The second-order valence-corrected chi connectivity index (χ2v) is 12.4. The summed E-state index contributed by atoms with van der Waals surface area (Å²) in [4.78, 5) is 60.0. The van der Waals surface area contributed by atoms with Crippen LogP contribution in [0.2, 0.25) is 0 Å². The van der Waals surface area contributed by atoms with Gasteiger partial charge in [-0.15, -0.1) is 0 Å². The lowest BCUT2D eigenvalue weighted by molar-refractivity contribution is -0.157. The first-order valence-corrected chi connectivity index (χ1v) is 16.1. The standard InChI is InChI=1S/C37H44N4O4/c1-39-21-11-18-30(25-39)23-32(36(44)31-19-9-4-10-20-31)38-34(42)26-41-33(24-29-15-7-3-8-16-29)37(45)40(27-35(41)43)22-12-17-28-13-5-2-6-14-28/h2-10,13-16,19-20,30,32-33H,11-12,17-18,21-27H2,1H3,(H,38,42)/t30?,32-,33?/m0/s1. The Balaban J connectivity index is 1.30. The number of hydrogen-bond acceptors (Lipinski definition) is 5. The van der Waals surface area contributed by atoms with E-state index in [1.54, 1.807) is 17.0 Å². The SMILES string of the molecule is CN1CCCC(C[C@H](NC(=O)CN2C(=O)CN(CCCc3ccccc3)C(=O)C2Cc2ccccc2)C(=O)c2ccccc2)C1. The second kappa shape index (κ2) is 15.6. The lowest BCUT2D eigenvalue weighted by atomic mass is 9.88. The van der Waals surface area contributed by atoms with Crippen molar-refractivity contribution in [3.05, 3.63) is 108 Å². The van der Waals surface area contributed by atoms with Gasteiger partial charge >= 0.3 is 0 Å². The van der Waals surface area contributed by atoms with Gasteiger partial charge in [0.15, 0.2) is 5.78 Å². The highest BCUT2D eigenvalue weighted by molar-refractivity contribution is 6.02. The summed E-state index contributed by atoms with van der Waals surface area (Å²) in [5.41, 5.74) is 2.65. The van der Waals surface area contributed by atoms with Gasteiger partial charge < -0.3 is 20.0 Å². The molecule has 2 aliphatic heterocycles.